The van der Waals surface area contributed by atoms with Gasteiger partial charge in [0.05, 0.1) is 11.4 Å². The molecule has 7 heteroatoms. The fourth-order valence-electron chi connectivity index (χ4n) is 3.07. The van der Waals surface area contributed by atoms with Crippen LogP contribution >= 0.6 is 11.6 Å². The third-order valence-corrected chi connectivity index (χ3v) is 6.66. The molecule has 26 heavy (non-hydrogen) atoms. The van der Waals surface area contributed by atoms with Crippen LogP contribution in [0.15, 0.2) is 42.5 Å². The summed E-state index contributed by atoms with van der Waals surface area (Å²) in [5, 5.41) is 3.47. The number of nitrogens with zero attached hydrogens (tertiary/aromatic N) is 1. The Morgan fingerprint density at radius 1 is 1.23 bits per heavy atom. The van der Waals surface area contributed by atoms with Crippen molar-refractivity contribution in [2.75, 3.05) is 16.6 Å². The van der Waals surface area contributed by atoms with Gasteiger partial charge in [0.1, 0.15) is 0 Å². The number of amides is 1. The Balaban J connectivity index is 1.78. The van der Waals surface area contributed by atoms with Crippen LogP contribution in [0.5, 0.6) is 0 Å². The maximum Gasteiger partial charge on any atom is 0.251 e. The van der Waals surface area contributed by atoms with E-state index < -0.39 is 10.0 Å². The van der Waals surface area contributed by atoms with Crippen LogP contribution in [0.2, 0.25) is 5.02 Å². The molecule has 0 fully saturated rings. The molecule has 0 spiro atoms. The summed E-state index contributed by atoms with van der Waals surface area (Å²) in [6, 6.07) is 12.5. The van der Waals surface area contributed by atoms with E-state index in [0.29, 0.717) is 29.4 Å². The number of fused-ring (bicyclic) bond motifs is 1. The molecule has 0 radical (unpaired) electrons. The molecule has 0 saturated carbocycles. The molecular weight excluding hydrogens is 372 g/mol. The number of hydrogen-bond acceptors (Lipinski definition) is 3. The lowest BCUT2D eigenvalue weighted by molar-refractivity contribution is 0.0951. The van der Waals surface area contributed by atoms with Crippen molar-refractivity contribution < 1.29 is 13.2 Å². The van der Waals surface area contributed by atoms with Crippen LogP contribution in [0.1, 0.15) is 34.8 Å². The van der Waals surface area contributed by atoms with Gasteiger partial charge >= 0.3 is 0 Å². The lowest BCUT2D eigenvalue weighted by atomic mass is 10.0. The summed E-state index contributed by atoms with van der Waals surface area (Å²) in [4.78, 5) is 12.5. The van der Waals surface area contributed by atoms with Crippen molar-refractivity contribution in [2.24, 2.45) is 0 Å². The highest BCUT2D eigenvalue weighted by atomic mass is 35.5. The Hall–Kier alpha value is -2.05. The fourth-order valence-corrected chi connectivity index (χ4v) is 4.47. The number of carbonyl (C=O) groups is 1. The SMILES string of the molecule is CCS(=O)(=O)N1CCCc2cc(C(=O)NCc3ccccc3Cl)ccc21. The first-order valence-corrected chi connectivity index (χ1v) is 10.6. The van der Waals surface area contributed by atoms with Crippen molar-refractivity contribution >= 4 is 33.2 Å². The van der Waals surface area contributed by atoms with E-state index in [0.717, 1.165) is 24.0 Å². The van der Waals surface area contributed by atoms with Crippen LogP contribution in [0.3, 0.4) is 0 Å². The molecule has 3 rings (SSSR count). The highest BCUT2D eigenvalue weighted by molar-refractivity contribution is 7.92. The third-order valence-electron chi connectivity index (χ3n) is 4.52. The third kappa shape index (κ3) is 3.86. The van der Waals surface area contributed by atoms with Crippen molar-refractivity contribution in [3.63, 3.8) is 0 Å². The van der Waals surface area contributed by atoms with Gasteiger partial charge in [0, 0.05) is 23.7 Å². The summed E-state index contributed by atoms with van der Waals surface area (Å²) in [6.45, 7) is 2.47. The molecule has 0 saturated heterocycles. The van der Waals surface area contributed by atoms with Gasteiger partial charge in [-0.25, -0.2) is 8.42 Å². The number of aryl methyl sites for hydroxylation is 1. The highest BCUT2D eigenvalue weighted by Crippen LogP contribution is 2.30. The van der Waals surface area contributed by atoms with Crippen LogP contribution in [-0.2, 0) is 23.0 Å². The quantitative estimate of drug-likeness (QED) is 0.848. The summed E-state index contributed by atoms with van der Waals surface area (Å²) in [6.07, 6.45) is 1.51. The van der Waals surface area contributed by atoms with Crippen molar-refractivity contribution in [3.8, 4) is 0 Å². The van der Waals surface area contributed by atoms with E-state index >= 15 is 0 Å². The Morgan fingerprint density at radius 3 is 2.73 bits per heavy atom. The van der Waals surface area contributed by atoms with Crippen LogP contribution in [-0.4, -0.2) is 26.6 Å². The normalized spacial score (nSPS) is 14.0. The summed E-state index contributed by atoms with van der Waals surface area (Å²) >= 11 is 6.11. The number of rotatable bonds is 5. The molecule has 1 aliphatic heterocycles. The minimum atomic E-state index is -3.30. The van der Waals surface area contributed by atoms with Crippen LogP contribution in [0.4, 0.5) is 5.69 Å². The van der Waals surface area contributed by atoms with Gasteiger partial charge in [-0.1, -0.05) is 29.8 Å². The number of carbonyl (C=O) groups excluding carboxylic acids is 1. The molecule has 138 valence electrons. The van der Waals surface area contributed by atoms with Crippen LogP contribution in [0, 0.1) is 0 Å². The minimum absolute atomic E-state index is 0.0620. The van der Waals surface area contributed by atoms with Gasteiger partial charge in [-0.3, -0.25) is 9.10 Å². The molecule has 0 unspecified atom stereocenters. The molecule has 0 atom stereocenters. The summed E-state index contributed by atoms with van der Waals surface area (Å²) in [5.41, 5.74) is 2.94. The smallest absolute Gasteiger partial charge is 0.251 e. The second kappa shape index (κ2) is 7.68. The van der Waals surface area contributed by atoms with E-state index in [9.17, 15) is 13.2 Å². The molecule has 1 heterocycles. The van der Waals surface area contributed by atoms with Gasteiger partial charge in [-0.05, 0) is 55.2 Å². The fraction of sp³-hybridized carbons (Fsp3) is 0.316. The Morgan fingerprint density at radius 2 is 2.00 bits per heavy atom. The molecule has 0 aromatic heterocycles. The zero-order chi connectivity index (χ0) is 18.7. The molecule has 0 aliphatic carbocycles. The van der Waals surface area contributed by atoms with Crippen molar-refractivity contribution in [3.05, 3.63) is 64.2 Å². The summed E-state index contributed by atoms with van der Waals surface area (Å²) < 4.78 is 26.0. The van der Waals surface area contributed by atoms with Crippen LogP contribution in [0.25, 0.3) is 0 Å². The van der Waals surface area contributed by atoms with E-state index in [2.05, 4.69) is 5.32 Å². The van der Waals surface area contributed by atoms with E-state index in [1.165, 1.54) is 4.31 Å². The Labute approximate surface area is 159 Å². The van der Waals surface area contributed by atoms with Gasteiger partial charge in [0.25, 0.3) is 5.91 Å². The average molecular weight is 393 g/mol. The molecule has 5 nitrogen and oxygen atoms in total. The van der Waals surface area contributed by atoms with Gasteiger partial charge in [-0.15, -0.1) is 0 Å². The number of sulfonamides is 1. The predicted octanol–water partition coefficient (Wildman–Crippen LogP) is 3.37. The second-order valence-corrected chi connectivity index (χ2v) is 8.78. The molecule has 2 aromatic carbocycles. The van der Waals surface area contributed by atoms with E-state index in [-0.39, 0.29) is 11.7 Å². The Bertz CT molecular complexity index is 928. The number of halogens is 1. The first-order valence-electron chi connectivity index (χ1n) is 8.57. The van der Waals surface area contributed by atoms with Gasteiger partial charge in [0.2, 0.25) is 10.0 Å². The minimum Gasteiger partial charge on any atom is -0.348 e. The number of anilines is 1. The Kier molecular flexibility index (Phi) is 5.53. The number of benzene rings is 2. The molecule has 1 amide bonds. The average Bonchev–Trinajstić information content (AvgIpc) is 2.66. The van der Waals surface area contributed by atoms with Crippen molar-refractivity contribution in [1.82, 2.24) is 5.32 Å². The van der Waals surface area contributed by atoms with Gasteiger partial charge in [-0.2, -0.15) is 0 Å². The first kappa shape index (κ1) is 18.7. The predicted molar refractivity (Wildman–Crippen MR) is 104 cm³/mol. The molecule has 2 aromatic rings. The van der Waals surface area contributed by atoms with E-state index in [1.807, 2.05) is 18.2 Å². The topological polar surface area (TPSA) is 66.5 Å². The molecular formula is C19H21ClN2O3S. The maximum absolute atomic E-state index is 12.5. The number of hydrogen-bond donors (Lipinski definition) is 1. The van der Waals surface area contributed by atoms with E-state index in [4.69, 9.17) is 11.6 Å². The number of nitrogens with one attached hydrogen (secondary N) is 1. The molecule has 0 bridgehead atoms. The monoisotopic (exact) mass is 392 g/mol. The highest BCUT2D eigenvalue weighted by Gasteiger charge is 2.26. The molecule has 1 N–H and O–H groups in total. The van der Waals surface area contributed by atoms with Crippen molar-refractivity contribution in [2.45, 2.75) is 26.3 Å². The lowest BCUT2D eigenvalue weighted by Crippen LogP contribution is -2.36. The zero-order valence-corrected chi connectivity index (χ0v) is 16.1. The largest absolute Gasteiger partial charge is 0.348 e. The maximum atomic E-state index is 12.5. The van der Waals surface area contributed by atoms with Crippen LogP contribution < -0.4 is 9.62 Å². The lowest BCUT2D eigenvalue weighted by Gasteiger charge is -2.30. The summed E-state index contributed by atoms with van der Waals surface area (Å²) in [7, 11) is -3.30. The van der Waals surface area contributed by atoms with Gasteiger partial charge < -0.3 is 5.32 Å². The first-order chi connectivity index (χ1) is 12.4. The van der Waals surface area contributed by atoms with E-state index in [1.54, 1.807) is 31.2 Å². The summed E-state index contributed by atoms with van der Waals surface area (Å²) in [5.74, 6) is -0.143. The zero-order valence-electron chi connectivity index (χ0n) is 14.5. The standard InChI is InChI=1S/C19H21ClN2O3S/c1-2-26(24,25)22-11-5-7-14-12-15(9-10-18(14)22)19(23)21-13-16-6-3-4-8-17(16)20/h3-4,6,8-10,12H,2,5,7,11,13H2,1H3,(H,21,23). The second-order valence-electron chi connectivity index (χ2n) is 6.19. The van der Waals surface area contributed by atoms with Crippen molar-refractivity contribution in [1.29, 1.82) is 0 Å². The molecule has 1 aliphatic rings. The van der Waals surface area contributed by atoms with Gasteiger partial charge in [0.15, 0.2) is 0 Å².